The van der Waals surface area contributed by atoms with E-state index in [2.05, 4.69) is 40.1 Å². The van der Waals surface area contributed by atoms with E-state index in [4.69, 9.17) is 5.84 Å². The highest BCUT2D eigenvalue weighted by molar-refractivity contribution is 7.09. The first kappa shape index (κ1) is 12.3. The van der Waals surface area contributed by atoms with Crippen LogP contribution in [0, 0.1) is 0 Å². The second-order valence-corrected chi connectivity index (χ2v) is 5.50. The molecule has 0 amide bonds. The van der Waals surface area contributed by atoms with E-state index in [1.54, 1.807) is 11.3 Å². The molecule has 0 radical (unpaired) electrons. The normalized spacial score (nSPS) is 12.7. The molecule has 3 rings (SSSR count). The number of hydrogen-bond acceptors (Lipinski definition) is 4. The van der Waals surface area contributed by atoms with Gasteiger partial charge in [-0.15, -0.1) is 11.3 Å². The van der Waals surface area contributed by atoms with E-state index in [1.165, 1.54) is 4.88 Å². The van der Waals surface area contributed by atoms with Gasteiger partial charge in [-0.1, -0.05) is 24.3 Å². The van der Waals surface area contributed by atoms with Gasteiger partial charge >= 0.3 is 0 Å². The molecule has 3 N–H and O–H groups in total. The number of thiophene rings is 1. The van der Waals surface area contributed by atoms with Crippen molar-refractivity contribution in [2.45, 2.75) is 12.5 Å². The number of nitrogens with two attached hydrogens (primary N) is 1. The first-order valence-corrected chi connectivity index (χ1v) is 7.08. The van der Waals surface area contributed by atoms with Crippen molar-refractivity contribution in [2.75, 3.05) is 0 Å². The predicted octanol–water partition coefficient (Wildman–Crippen LogP) is 3.04. The van der Waals surface area contributed by atoms with Gasteiger partial charge in [0.2, 0.25) is 0 Å². The lowest BCUT2D eigenvalue weighted by Crippen LogP contribution is -2.29. The quantitative estimate of drug-likeness (QED) is 0.565. The number of hydrazine groups is 1. The lowest BCUT2D eigenvalue weighted by Gasteiger charge is -2.15. The molecular weight excluding hydrogens is 254 g/mol. The molecule has 2 aromatic heterocycles. The summed E-state index contributed by atoms with van der Waals surface area (Å²) in [7, 11) is 0. The molecule has 19 heavy (non-hydrogen) atoms. The first-order chi connectivity index (χ1) is 9.36. The number of para-hydroxylation sites is 1. The van der Waals surface area contributed by atoms with Gasteiger partial charge in [0.05, 0.1) is 11.6 Å². The minimum atomic E-state index is 0.0933. The van der Waals surface area contributed by atoms with Crippen LogP contribution in [0.5, 0.6) is 0 Å². The molecule has 0 aliphatic carbocycles. The van der Waals surface area contributed by atoms with Gasteiger partial charge in [0.25, 0.3) is 0 Å². The van der Waals surface area contributed by atoms with Crippen LogP contribution in [0.25, 0.3) is 10.9 Å². The summed E-state index contributed by atoms with van der Waals surface area (Å²) < 4.78 is 0. The molecule has 0 spiro atoms. The lowest BCUT2D eigenvalue weighted by atomic mass is 10.0. The number of rotatable bonds is 4. The van der Waals surface area contributed by atoms with Crippen LogP contribution < -0.4 is 11.3 Å². The molecule has 3 aromatic rings. The lowest BCUT2D eigenvalue weighted by molar-refractivity contribution is 0.554. The van der Waals surface area contributed by atoms with Gasteiger partial charge < -0.3 is 0 Å². The molecule has 2 heterocycles. The number of fused-ring (bicyclic) bond motifs is 1. The minimum Gasteiger partial charge on any atom is -0.271 e. The van der Waals surface area contributed by atoms with Crippen LogP contribution in [-0.4, -0.2) is 4.98 Å². The molecule has 1 atom stereocenters. The molecule has 4 heteroatoms. The van der Waals surface area contributed by atoms with Crippen molar-refractivity contribution in [3.05, 3.63) is 64.5 Å². The molecule has 1 unspecified atom stereocenters. The van der Waals surface area contributed by atoms with Crippen LogP contribution >= 0.6 is 11.3 Å². The molecule has 1 aromatic carbocycles. The Morgan fingerprint density at radius 2 is 2.11 bits per heavy atom. The van der Waals surface area contributed by atoms with E-state index in [0.717, 1.165) is 22.9 Å². The van der Waals surface area contributed by atoms with E-state index in [9.17, 15) is 0 Å². The third-order valence-electron chi connectivity index (χ3n) is 3.20. The Bertz CT molecular complexity index is 664. The maximum absolute atomic E-state index is 5.69. The molecule has 0 saturated heterocycles. The van der Waals surface area contributed by atoms with Gasteiger partial charge in [-0.05, 0) is 29.1 Å². The Morgan fingerprint density at radius 3 is 2.89 bits per heavy atom. The van der Waals surface area contributed by atoms with Crippen molar-refractivity contribution >= 4 is 22.2 Å². The summed E-state index contributed by atoms with van der Waals surface area (Å²) in [5.41, 5.74) is 5.02. The zero-order valence-corrected chi connectivity index (χ0v) is 11.2. The highest BCUT2D eigenvalue weighted by Crippen LogP contribution is 2.22. The first-order valence-electron chi connectivity index (χ1n) is 6.20. The smallest absolute Gasteiger partial charge is 0.0702 e. The third kappa shape index (κ3) is 2.66. The number of nitrogens with one attached hydrogen (secondary N) is 1. The topological polar surface area (TPSA) is 50.9 Å². The number of pyridine rings is 1. The maximum Gasteiger partial charge on any atom is 0.0702 e. The van der Waals surface area contributed by atoms with Crippen molar-refractivity contribution in [1.82, 2.24) is 10.4 Å². The second-order valence-electron chi connectivity index (χ2n) is 4.46. The van der Waals surface area contributed by atoms with Crippen LogP contribution in [0.15, 0.2) is 54.0 Å². The van der Waals surface area contributed by atoms with Crippen LogP contribution in [0.1, 0.15) is 16.5 Å². The van der Waals surface area contributed by atoms with Gasteiger partial charge in [0, 0.05) is 22.9 Å². The molecule has 96 valence electrons. The average molecular weight is 269 g/mol. The Labute approximate surface area is 116 Å². The maximum atomic E-state index is 5.69. The Kier molecular flexibility index (Phi) is 3.55. The monoisotopic (exact) mass is 269 g/mol. The van der Waals surface area contributed by atoms with E-state index in [0.29, 0.717) is 0 Å². The van der Waals surface area contributed by atoms with Crippen molar-refractivity contribution in [1.29, 1.82) is 0 Å². The van der Waals surface area contributed by atoms with Crippen molar-refractivity contribution in [2.24, 2.45) is 5.84 Å². The van der Waals surface area contributed by atoms with Crippen molar-refractivity contribution < 1.29 is 0 Å². The molecule has 0 bridgehead atoms. The summed E-state index contributed by atoms with van der Waals surface area (Å²) in [6, 6.07) is 14.6. The summed E-state index contributed by atoms with van der Waals surface area (Å²) in [6.45, 7) is 0. The van der Waals surface area contributed by atoms with Crippen molar-refractivity contribution in [3.8, 4) is 0 Å². The highest BCUT2D eigenvalue weighted by atomic mass is 32.1. The molecule has 3 nitrogen and oxygen atoms in total. The van der Waals surface area contributed by atoms with Gasteiger partial charge in [-0.3, -0.25) is 16.3 Å². The predicted molar refractivity (Wildman–Crippen MR) is 79.8 cm³/mol. The Hall–Kier alpha value is -1.75. The van der Waals surface area contributed by atoms with Gasteiger partial charge in [-0.25, -0.2) is 0 Å². The van der Waals surface area contributed by atoms with Crippen molar-refractivity contribution in [3.63, 3.8) is 0 Å². The van der Waals surface area contributed by atoms with Crippen LogP contribution in [0.2, 0.25) is 0 Å². The van der Waals surface area contributed by atoms with Gasteiger partial charge in [0.15, 0.2) is 0 Å². The molecule has 0 aliphatic rings. The fourth-order valence-corrected chi connectivity index (χ4v) is 2.93. The molecule has 0 aliphatic heterocycles. The number of hydrogen-bond donors (Lipinski definition) is 2. The SMILES string of the molecule is NNC(Cc1cccs1)c1cnc2ccccc2c1. The van der Waals surface area contributed by atoms with Crippen LogP contribution in [0.4, 0.5) is 0 Å². The van der Waals surface area contributed by atoms with Gasteiger partial charge in [-0.2, -0.15) is 0 Å². The highest BCUT2D eigenvalue weighted by Gasteiger charge is 2.12. The summed E-state index contributed by atoms with van der Waals surface area (Å²) >= 11 is 1.75. The van der Waals surface area contributed by atoms with Gasteiger partial charge in [0.1, 0.15) is 0 Å². The summed E-state index contributed by atoms with van der Waals surface area (Å²) in [5, 5.41) is 3.23. The molecule has 0 fully saturated rings. The fraction of sp³-hybridized carbons (Fsp3) is 0.133. The summed E-state index contributed by atoms with van der Waals surface area (Å²) in [6.07, 6.45) is 2.79. The zero-order chi connectivity index (χ0) is 13.1. The third-order valence-corrected chi connectivity index (χ3v) is 4.10. The molecule has 0 saturated carbocycles. The number of aromatic nitrogens is 1. The van der Waals surface area contributed by atoms with E-state index in [1.807, 2.05) is 24.4 Å². The van der Waals surface area contributed by atoms with Crippen LogP contribution in [-0.2, 0) is 6.42 Å². The zero-order valence-electron chi connectivity index (χ0n) is 10.4. The van der Waals surface area contributed by atoms with E-state index in [-0.39, 0.29) is 6.04 Å². The fourth-order valence-electron chi connectivity index (χ4n) is 2.18. The number of benzene rings is 1. The average Bonchev–Trinajstić information content (AvgIpc) is 2.97. The largest absolute Gasteiger partial charge is 0.271 e. The second kappa shape index (κ2) is 5.48. The standard InChI is InChI=1S/C15H15N3S/c16-18-15(9-13-5-3-7-19-13)12-8-11-4-1-2-6-14(11)17-10-12/h1-8,10,15,18H,9,16H2. The summed E-state index contributed by atoms with van der Waals surface area (Å²) in [5.74, 6) is 5.69. The minimum absolute atomic E-state index is 0.0933. The van der Waals surface area contributed by atoms with Crippen LogP contribution in [0.3, 0.4) is 0 Å². The Balaban J connectivity index is 1.92. The van der Waals surface area contributed by atoms with E-state index >= 15 is 0 Å². The molecular formula is C15H15N3S. The van der Waals surface area contributed by atoms with E-state index < -0.39 is 0 Å². The Morgan fingerprint density at radius 1 is 1.21 bits per heavy atom. The summed E-state index contributed by atoms with van der Waals surface area (Å²) in [4.78, 5) is 5.80. The number of nitrogens with zero attached hydrogens (tertiary/aromatic N) is 1.